The zero-order valence-corrected chi connectivity index (χ0v) is 14.8. The van der Waals surface area contributed by atoms with Gasteiger partial charge in [-0.15, -0.1) is 0 Å². The molecule has 5 heteroatoms. The second-order valence-electron chi connectivity index (χ2n) is 6.46. The molecular weight excluding hydrogens is 302 g/mol. The second kappa shape index (κ2) is 6.67. The Morgan fingerprint density at radius 1 is 1.33 bits per heavy atom. The minimum Gasteiger partial charge on any atom is -0.491 e. The average molecular weight is 327 g/mol. The number of amides is 1. The molecule has 0 saturated carbocycles. The molecule has 128 valence electrons. The lowest BCUT2D eigenvalue weighted by Gasteiger charge is -2.18. The van der Waals surface area contributed by atoms with Gasteiger partial charge in [0, 0.05) is 5.56 Å². The number of hydrogen-bond acceptors (Lipinski definition) is 3. The average Bonchev–Trinajstić information content (AvgIpc) is 3.13. The summed E-state index contributed by atoms with van der Waals surface area (Å²) in [6.45, 7) is 8.69. The summed E-state index contributed by atoms with van der Waals surface area (Å²) < 4.78 is 7.56. The van der Waals surface area contributed by atoms with E-state index in [9.17, 15) is 4.79 Å². The monoisotopic (exact) mass is 327 g/mol. The van der Waals surface area contributed by atoms with Crippen molar-refractivity contribution in [2.45, 2.75) is 52.6 Å². The van der Waals surface area contributed by atoms with Crippen LogP contribution in [0.5, 0.6) is 5.75 Å². The molecule has 1 atom stereocenters. The Balaban J connectivity index is 1.84. The highest BCUT2D eigenvalue weighted by atomic mass is 16.5. The molecule has 1 amide bonds. The fourth-order valence-electron chi connectivity index (χ4n) is 3.29. The molecule has 2 heterocycles. The molecule has 1 N–H and O–H groups in total. The van der Waals surface area contributed by atoms with E-state index in [1.807, 2.05) is 36.7 Å². The Labute approximate surface area is 143 Å². The Hall–Kier alpha value is -2.30. The third-order valence-electron chi connectivity index (χ3n) is 4.63. The zero-order valence-electron chi connectivity index (χ0n) is 14.8. The molecule has 2 aromatic rings. The molecule has 3 rings (SSSR count). The standard InChI is InChI=1S/C19H25N3O2/c1-5-14(6-2)22-17(10-13(4)21-22)19(23)20-16-11-24-18-8-7-12(3)9-15(16)18/h7-10,14,16H,5-6,11H2,1-4H3,(H,20,23)/t16-/m1/s1. The topological polar surface area (TPSA) is 56.2 Å². The predicted molar refractivity (Wildman–Crippen MR) is 93.5 cm³/mol. The number of ether oxygens (including phenoxy) is 1. The molecule has 0 bridgehead atoms. The van der Waals surface area contributed by atoms with Crippen molar-refractivity contribution >= 4 is 5.91 Å². The van der Waals surface area contributed by atoms with Crippen LogP contribution in [0.2, 0.25) is 0 Å². The lowest BCUT2D eigenvalue weighted by atomic mass is 10.1. The summed E-state index contributed by atoms with van der Waals surface area (Å²) in [5.74, 6) is 0.765. The first kappa shape index (κ1) is 16.6. The van der Waals surface area contributed by atoms with Gasteiger partial charge in [0.1, 0.15) is 18.1 Å². The van der Waals surface area contributed by atoms with E-state index < -0.39 is 0 Å². The number of aromatic nitrogens is 2. The van der Waals surface area contributed by atoms with Gasteiger partial charge in [-0.05, 0) is 38.8 Å². The van der Waals surface area contributed by atoms with Gasteiger partial charge in [0.05, 0.1) is 17.8 Å². The molecule has 0 unspecified atom stereocenters. The van der Waals surface area contributed by atoms with Gasteiger partial charge < -0.3 is 10.1 Å². The molecule has 1 aliphatic rings. The van der Waals surface area contributed by atoms with Gasteiger partial charge in [-0.2, -0.15) is 5.10 Å². The molecule has 0 aliphatic carbocycles. The summed E-state index contributed by atoms with van der Waals surface area (Å²) in [4.78, 5) is 12.8. The number of nitrogens with zero attached hydrogens (tertiary/aromatic N) is 2. The van der Waals surface area contributed by atoms with Crippen molar-refractivity contribution in [2.24, 2.45) is 0 Å². The number of carbonyl (C=O) groups excluding carboxylic acids is 1. The maximum absolute atomic E-state index is 12.8. The molecule has 1 aromatic carbocycles. The fourth-order valence-corrected chi connectivity index (χ4v) is 3.29. The Morgan fingerprint density at radius 3 is 2.79 bits per heavy atom. The van der Waals surface area contributed by atoms with Gasteiger partial charge in [-0.25, -0.2) is 0 Å². The largest absolute Gasteiger partial charge is 0.491 e. The lowest BCUT2D eigenvalue weighted by Crippen LogP contribution is -2.32. The molecule has 5 nitrogen and oxygen atoms in total. The van der Waals surface area contributed by atoms with Crippen molar-refractivity contribution in [1.82, 2.24) is 15.1 Å². The minimum atomic E-state index is -0.113. The van der Waals surface area contributed by atoms with Crippen LogP contribution in [-0.4, -0.2) is 22.3 Å². The van der Waals surface area contributed by atoms with Crippen molar-refractivity contribution < 1.29 is 9.53 Å². The number of fused-ring (bicyclic) bond motifs is 1. The first-order valence-electron chi connectivity index (χ1n) is 8.63. The van der Waals surface area contributed by atoms with E-state index in [1.54, 1.807) is 0 Å². The van der Waals surface area contributed by atoms with Crippen LogP contribution in [0.1, 0.15) is 66.1 Å². The summed E-state index contributed by atoms with van der Waals surface area (Å²) in [6.07, 6.45) is 1.90. The van der Waals surface area contributed by atoms with Crippen molar-refractivity contribution in [2.75, 3.05) is 6.61 Å². The van der Waals surface area contributed by atoms with Crippen LogP contribution in [-0.2, 0) is 0 Å². The third kappa shape index (κ3) is 3.03. The number of nitrogens with one attached hydrogen (secondary N) is 1. The van der Waals surface area contributed by atoms with Crippen LogP contribution < -0.4 is 10.1 Å². The lowest BCUT2D eigenvalue weighted by molar-refractivity contribution is 0.0916. The van der Waals surface area contributed by atoms with E-state index in [2.05, 4.69) is 30.3 Å². The maximum Gasteiger partial charge on any atom is 0.270 e. The smallest absolute Gasteiger partial charge is 0.270 e. The normalized spacial score (nSPS) is 16.1. The molecule has 1 aliphatic heterocycles. The molecule has 1 aromatic heterocycles. The highest BCUT2D eigenvalue weighted by Gasteiger charge is 2.28. The highest BCUT2D eigenvalue weighted by Crippen LogP contribution is 2.33. The minimum absolute atomic E-state index is 0.0922. The summed E-state index contributed by atoms with van der Waals surface area (Å²) in [5, 5.41) is 7.64. The summed E-state index contributed by atoms with van der Waals surface area (Å²) in [5.41, 5.74) is 3.71. The van der Waals surface area contributed by atoms with Crippen LogP contribution in [0.4, 0.5) is 0 Å². The quantitative estimate of drug-likeness (QED) is 0.910. The van der Waals surface area contributed by atoms with E-state index in [1.165, 1.54) is 0 Å². The van der Waals surface area contributed by atoms with Gasteiger partial charge in [0.25, 0.3) is 5.91 Å². The van der Waals surface area contributed by atoms with Crippen LogP contribution in [0.3, 0.4) is 0 Å². The number of rotatable bonds is 5. The number of carbonyl (C=O) groups is 1. The van der Waals surface area contributed by atoms with Gasteiger partial charge in [-0.3, -0.25) is 9.48 Å². The summed E-state index contributed by atoms with van der Waals surface area (Å²) in [6, 6.07) is 8.06. The summed E-state index contributed by atoms with van der Waals surface area (Å²) in [7, 11) is 0. The Kier molecular flexibility index (Phi) is 4.60. The van der Waals surface area contributed by atoms with Crippen molar-refractivity contribution in [3.05, 3.63) is 46.8 Å². The predicted octanol–water partition coefficient (Wildman–Crippen LogP) is 3.72. The third-order valence-corrected chi connectivity index (χ3v) is 4.63. The van der Waals surface area contributed by atoms with Crippen LogP contribution in [0.25, 0.3) is 0 Å². The SMILES string of the molecule is CCC(CC)n1nc(C)cc1C(=O)N[C@@H]1COc2ccc(C)cc21. The number of hydrogen-bond donors (Lipinski definition) is 1. The van der Waals surface area contributed by atoms with Gasteiger partial charge in [0.15, 0.2) is 0 Å². The van der Waals surface area contributed by atoms with Crippen molar-refractivity contribution in [3.63, 3.8) is 0 Å². The van der Waals surface area contributed by atoms with Gasteiger partial charge in [0.2, 0.25) is 0 Å². The van der Waals surface area contributed by atoms with E-state index in [4.69, 9.17) is 4.74 Å². The van der Waals surface area contributed by atoms with Crippen molar-refractivity contribution in [3.8, 4) is 5.75 Å². The molecular formula is C19H25N3O2. The van der Waals surface area contributed by atoms with E-state index in [0.29, 0.717) is 12.3 Å². The Morgan fingerprint density at radius 2 is 2.08 bits per heavy atom. The molecule has 0 spiro atoms. The molecule has 24 heavy (non-hydrogen) atoms. The summed E-state index contributed by atoms with van der Waals surface area (Å²) >= 11 is 0. The second-order valence-corrected chi connectivity index (χ2v) is 6.46. The molecule has 0 radical (unpaired) electrons. The first-order chi connectivity index (χ1) is 11.5. The molecule has 0 fully saturated rings. The van der Waals surface area contributed by atoms with Crippen LogP contribution in [0, 0.1) is 13.8 Å². The molecule has 0 saturated heterocycles. The van der Waals surface area contributed by atoms with Crippen molar-refractivity contribution in [1.29, 1.82) is 0 Å². The number of benzene rings is 1. The first-order valence-corrected chi connectivity index (χ1v) is 8.63. The number of aryl methyl sites for hydroxylation is 2. The van der Waals surface area contributed by atoms with E-state index in [0.717, 1.165) is 35.4 Å². The highest BCUT2D eigenvalue weighted by molar-refractivity contribution is 5.93. The zero-order chi connectivity index (χ0) is 17.3. The fraction of sp³-hybridized carbons (Fsp3) is 0.474. The van der Waals surface area contributed by atoms with Gasteiger partial charge in [-0.1, -0.05) is 31.5 Å². The van der Waals surface area contributed by atoms with Gasteiger partial charge >= 0.3 is 0 Å². The van der Waals surface area contributed by atoms with E-state index >= 15 is 0 Å². The van der Waals surface area contributed by atoms with Crippen LogP contribution in [0.15, 0.2) is 24.3 Å². The Bertz CT molecular complexity index is 747. The van der Waals surface area contributed by atoms with Crippen LogP contribution >= 0.6 is 0 Å². The van der Waals surface area contributed by atoms with E-state index in [-0.39, 0.29) is 18.0 Å². The maximum atomic E-state index is 12.8.